The van der Waals surface area contributed by atoms with E-state index in [1.807, 2.05) is 114 Å². The summed E-state index contributed by atoms with van der Waals surface area (Å²) in [5.41, 5.74) is 0. The Bertz CT molecular complexity index is 476. The average Bonchev–Trinajstić information content (AvgIpc) is 2.46. The molecule has 0 amide bonds. The summed E-state index contributed by atoms with van der Waals surface area (Å²) in [6, 6.07) is 0. The Morgan fingerprint density at radius 1 is 0.462 bits per heavy atom. The summed E-state index contributed by atoms with van der Waals surface area (Å²) in [5.74, 6) is 1.94. The van der Waals surface area contributed by atoms with Crippen molar-refractivity contribution < 1.29 is 0 Å². The lowest BCUT2D eigenvalue weighted by Gasteiger charge is -2.28. The minimum atomic E-state index is -3.20. The predicted octanol–water partition coefficient (Wildman–Crippen LogP) is 0.949. The van der Waals surface area contributed by atoms with Crippen LogP contribution in [0.5, 0.6) is 0 Å². The molecule has 152 valence electrons. The van der Waals surface area contributed by atoms with Gasteiger partial charge >= 0.3 is 7.51 Å². The topological polar surface area (TPSA) is 80.4 Å². The zero-order chi connectivity index (χ0) is 20.8. The maximum Gasteiger partial charge on any atom is 0.306 e. The van der Waals surface area contributed by atoms with Crippen LogP contribution in [0.15, 0.2) is 14.3 Å². The Balaban J connectivity index is 6.72. The molecule has 0 saturated carbocycles. The number of nitrogens with one attached hydrogen (secondary N) is 1. The normalized spacial score (nSPS) is 10.5. The Morgan fingerprint density at radius 3 is 0.731 bits per heavy atom. The van der Waals surface area contributed by atoms with Crippen LogP contribution in [0.25, 0.3) is 0 Å². The van der Waals surface area contributed by atoms with Crippen molar-refractivity contribution in [2.24, 2.45) is 14.3 Å². The van der Waals surface area contributed by atoms with Gasteiger partial charge in [-0.25, -0.2) is 0 Å². The fraction of sp³-hybridized carbons (Fsp3) is 0.800. The highest BCUT2D eigenvalue weighted by Crippen LogP contribution is 2.53. The van der Waals surface area contributed by atoms with E-state index in [0.29, 0.717) is 17.9 Å². The molecule has 1 N–H and O–H groups in total. The van der Waals surface area contributed by atoms with Crippen molar-refractivity contribution in [2.75, 3.05) is 84.6 Å². The Kier molecular flexibility index (Phi) is 8.93. The molecule has 11 heteroatoms. The molecule has 10 nitrogen and oxygen atoms in total. The van der Waals surface area contributed by atoms with Crippen molar-refractivity contribution in [3.05, 3.63) is 0 Å². The minimum Gasteiger partial charge on any atom is -0.349 e. The standard InChI is InChI=1S/C15H37N10P/c1-20(2)13(21(3)4)17-26(16,18-14(22(5)6)23(7)8)19-15(24(9)10)25(11)12/h16H,1-12H3. The second-order valence-corrected chi connectivity index (χ2v) is 8.87. The second-order valence-electron chi connectivity index (χ2n) is 7.13. The van der Waals surface area contributed by atoms with E-state index in [9.17, 15) is 0 Å². The molecular formula is C15H37N10P. The van der Waals surface area contributed by atoms with Crippen molar-refractivity contribution in [2.45, 2.75) is 0 Å². The van der Waals surface area contributed by atoms with E-state index in [-0.39, 0.29) is 0 Å². The van der Waals surface area contributed by atoms with Crippen LogP contribution in [0.3, 0.4) is 0 Å². The molecule has 0 aliphatic rings. The van der Waals surface area contributed by atoms with Gasteiger partial charge in [0.25, 0.3) is 0 Å². The smallest absolute Gasteiger partial charge is 0.306 e. The second kappa shape index (κ2) is 9.66. The summed E-state index contributed by atoms with van der Waals surface area (Å²) in [7, 11) is 19.6. The molecule has 0 rings (SSSR count). The number of hydrogen-bond donors (Lipinski definition) is 1. The molecule has 0 aliphatic carbocycles. The summed E-state index contributed by atoms with van der Waals surface area (Å²) >= 11 is 0. The number of hydrogen-bond acceptors (Lipinski definition) is 1. The molecular weight excluding hydrogens is 351 g/mol. The lowest BCUT2D eigenvalue weighted by atomic mass is 10.7. The first kappa shape index (κ1) is 24.0. The maximum atomic E-state index is 9.06. The van der Waals surface area contributed by atoms with Gasteiger partial charge in [0.15, 0.2) is 0 Å². The van der Waals surface area contributed by atoms with E-state index in [0.717, 1.165) is 0 Å². The minimum absolute atomic E-state index is 0.648. The third-order valence-corrected chi connectivity index (χ3v) is 4.46. The first-order chi connectivity index (χ1) is 11.7. The van der Waals surface area contributed by atoms with Gasteiger partial charge in [0.05, 0.1) is 0 Å². The number of guanidine groups is 3. The third kappa shape index (κ3) is 7.11. The van der Waals surface area contributed by atoms with Gasteiger partial charge in [-0.05, 0) is 0 Å². The molecule has 0 aromatic heterocycles. The summed E-state index contributed by atoms with van der Waals surface area (Å²) in [5, 5.41) is 9.06. The van der Waals surface area contributed by atoms with E-state index < -0.39 is 7.51 Å². The van der Waals surface area contributed by atoms with Crippen LogP contribution in [0.2, 0.25) is 0 Å². The van der Waals surface area contributed by atoms with E-state index in [1.165, 1.54) is 0 Å². The van der Waals surface area contributed by atoms with Gasteiger partial charge in [-0.1, -0.05) is 0 Å². The fourth-order valence-corrected chi connectivity index (χ4v) is 4.13. The quantitative estimate of drug-likeness (QED) is 0.441. The molecule has 0 fully saturated rings. The summed E-state index contributed by atoms with van der Waals surface area (Å²) in [6.45, 7) is 0. The predicted molar refractivity (Wildman–Crippen MR) is 114 cm³/mol. The van der Waals surface area contributed by atoms with Crippen LogP contribution in [-0.4, -0.2) is 132 Å². The highest BCUT2D eigenvalue weighted by atomic mass is 31.2. The molecule has 0 heterocycles. The van der Waals surface area contributed by atoms with E-state index >= 15 is 0 Å². The van der Waals surface area contributed by atoms with Gasteiger partial charge in [-0.15, -0.1) is 0 Å². The van der Waals surface area contributed by atoms with Gasteiger partial charge in [0, 0.05) is 84.6 Å². The first-order valence-corrected chi connectivity index (χ1v) is 9.85. The fourth-order valence-electron chi connectivity index (χ4n) is 2.18. The van der Waals surface area contributed by atoms with Gasteiger partial charge in [-0.2, -0.15) is 14.3 Å². The van der Waals surface area contributed by atoms with Crippen LogP contribution >= 0.6 is 7.51 Å². The molecule has 0 bridgehead atoms. The molecule has 0 radical (unpaired) electrons. The van der Waals surface area contributed by atoms with Crippen molar-refractivity contribution in [3.8, 4) is 0 Å². The van der Waals surface area contributed by atoms with Gasteiger partial charge in [-0.3, -0.25) is 5.16 Å². The molecule has 0 aromatic carbocycles. The Hall–Kier alpha value is -1.96. The van der Waals surface area contributed by atoms with Crippen LogP contribution in [0.4, 0.5) is 0 Å². The largest absolute Gasteiger partial charge is 0.349 e. The molecule has 0 aliphatic heterocycles. The molecule has 0 atom stereocenters. The lowest BCUT2D eigenvalue weighted by molar-refractivity contribution is 0.481. The summed E-state index contributed by atoms with van der Waals surface area (Å²) in [6.07, 6.45) is 0. The summed E-state index contributed by atoms with van der Waals surface area (Å²) < 4.78 is 14.0. The van der Waals surface area contributed by atoms with Crippen LogP contribution < -0.4 is 0 Å². The monoisotopic (exact) mass is 388 g/mol. The molecule has 26 heavy (non-hydrogen) atoms. The van der Waals surface area contributed by atoms with Crippen molar-refractivity contribution in [1.29, 1.82) is 5.16 Å². The maximum absolute atomic E-state index is 9.06. The SMILES string of the molecule is CN(C)C(=NP(=N)(N=C(N(C)C)N(C)C)N=C(N(C)C)N(C)C)N(C)C. The van der Waals surface area contributed by atoms with Crippen LogP contribution in [0, 0.1) is 5.16 Å². The zero-order valence-electron chi connectivity index (χ0n) is 18.5. The molecule has 0 unspecified atom stereocenters. The van der Waals surface area contributed by atoms with Gasteiger partial charge in [0.1, 0.15) is 0 Å². The van der Waals surface area contributed by atoms with Crippen LogP contribution in [0.1, 0.15) is 0 Å². The van der Waals surface area contributed by atoms with E-state index in [4.69, 9.17) is 5.16 Å². The van der Waals surface area contributed by atoms with Crippen molar-refractivity contribution in [1.82, 2.24) is 29.4 Å². The van der Waals surface area contributed by atoms with Gasteiger partial charge in [0.2, 0.25) is 17.9 Å². The molecule has 0 spiro atoms. The average molecular weight is 389 g/mol. The van der Waals surface area contributed by atoms with Crippen molar-refractivity contribution in [3.63, 3.8) is 0 Å². The lowest BCUT2D eigenvalue weighted by Crippen LogP contribution is -2.37. The number of nitrogens with zero attached hydrogens (tertiary/aromatic N) is 9. The summed E-state index contributed by atoms with van der Waals surface area (Å²) in [4.78, 5) is 11.2. The molecule has 0 saturated heterocycles. The Morgan fingerprint density at radius 2 is 0.615 bits per heavy atom. The van der Waals surface area contributed by atoms with Crippen LogP contribution in [-0.2, 0) is 0 Å². The van der Waals surface area contributed by atoms with Crippen molar-refractivity contribution >= 4 is 25.4 Å². The van der Waals surface area contributed by atoms with Gasteiger partial charge < -0.3 is 29.4 Å². The highest BCUT2D eigenvalue weighted by molar-refractivity contribution is 7.61. The Labute approximate surface area is 159 Å². The molecule has 0 aromatic rings. The first-order valence-electron chi connectivity index (χ1n) is 8.20. The van der Waals surface area contributed by atoms with E-state index in [2.05, 4.69) is 14.3 Å². The zero-order valence-corrected chi connectivity index (χ0v) is 19.4. The number of rotatable bonds is 3. The highest BCUT2D eigenvalue weighted by Gasteiger charge is 2.23. The van der Waals surface area contributed by atoms with E-state index in [1.54, 1.807) is 0 Å². The third-order valence-electron chi connectivity index (χ3n) is 3.09.